The van der Waals surface area contributed by atoms with Gasteiger partial charge >= 0.3 is 0 Å². The number of likely N-dealkylation sites (tertiary alicyclic amines) is 1. The van der Waals surface area contributed by atoms with Crippen LogP contribution in [-0.4, -0.2) is 40.2 Å². The molecule has 0 N–H and O–H groups in total. The highest BCUT2D eigenvalue weighted by atomic mass is 32.1. The van der Waals surface area contributed by atoms with Gasteiger partial charge in [-0.3, -0.25) is 4.90 Å². The van der Waals surface area contributed by atoms with Crippen molar-refractivity contribution in [1.29, 1.82) is 0 Å². The Kier molecular flexibility index (Phi) is 4.62. The number of aromatic nitrogens is 3. The maximum absolute atomic E-state index is 5.12. The number of ether oxygens (including phenoxy) is 1. The van der Waals surface area contributed by atoms with E-state index in [0.717, 1.165) is 49.0 Å². The molecule has 1 unspecified atom stereocenters. The van der Waals surface area contributed by atoms with E-state index in [1.807, 2.05) is 6.92 Å². The lowest BCUT2D eigenvalue weighted by Gasteiger charge is -2.30. The number of rotatable bonds is 5. The first-order valence-electron chi connectivity index (χ1n) is 7.19. The van der Waals surface area contributed by atoms with Gasteiger partial charge < -0.3 is 9.26 Å². The van der Waals surface area contributed by atoms with Crippen molar-refractivity contribution in [1.82, 2.24) is 20.0 Å². The quantitative estimate of drug-likeness (QED) is 0.845. The van der Waals surface area contributed by atoms with Crippen LogP contribution in [-0.2, 0) is 17.9 Å². The van der Waals surface area contributed by atoms with E-state index < -0.39 is 0 Å². The molecule has 0 aromatic carbocycles. The molecule has 1 atom stereocenters. The van der Waals surface area contributed by atoms with E-state index in [0.29, 0.717) is 18.4 Å². The zero-order chi connectivity index (χ0) is 14.7. The van der Waals surface area contributed by atoms with E-state index in [2.05, 4.69) is 25.4 Å². The van der Waals surface area contributed by atoms with Crippen LogP contribution in [0.25, 0.3) is 0 Å². The lowest BCUT2D eigenvalue weighted by Crippen LogP contribution is -2.34. The van der Waals surface area contributed by atoms with Gasteiger partial charge in [0, 0.05) is 38.4 Å². The Morgan fingerprint density at radius 3 is 3.14 bits per heavy atom. The van der Waals surface area contributed by atoms with E-state index in [4.69, 9.17) is 9.26 Å². The summed E-state index contributed by atoms with van der Waals surface area (Å²) in [6.07, 6.45) is 2.29. The first kappa shape index (κ1) is 14.6. The summed E-state index contributed by atoms with van der Waals surface area (Å²) in [5.41, 5.74) is 1.12. The lowest BCUT2D eigenvalue weighted by molar-refractivity contribution is 0.182. The number of nitrogens with zero attached hydrogens (tertiary/aromatic N) is 4. The van der Waals surface area contributed by atoms with Gasteiger partial charge in [0.15, 0.2) is 5.82 Å². The Morgan fingerprint density at radius 1 is 1.48 bits per heavy atom. The summed E-state index contributed by atoms with van der Waals surface area (Å²) in [6, 6.07) is 0. The SMILES string of the molecule is COCc1nc(CN2CCCC(c3noc(C)n3)C2)cs1. The second-order valence-electron chi connectivity index (χ2n) is 5.41. The topological polar surface area (TPSA) is 64.3 Å². The monoisotopic (exact) mass is 308 g/mol. The maximum Gasteiger partial charge on any atom is 0.223 e. The molecule has 1 aliphatic heterocycles. The van der Waals surface area contributed by atoms with Gasteiger partial charge in [-0.05, 0) is 19.4 Å². The van der Waals surface area contributed by atoms with Gasteiger partial charge in [-0.15, -0.1) is 11.3 Å². The van der Waals surface area contributed by atoms with Crippen molar-refractivity contribution in [3.8, 4) is 0 Å². The number of methoxy groups -OCH3 is 1. The second-order valence-corrected chi connectivity index (χ2v) is 6.35. The van der Waals surface area contributed by atoms with Crippen LogP contribution >= 0.6 is 11.3 Å². The summed E-state index contributed by atoms with van der Waals surface area (Å²) in [5, 5.41) is 7.22. The van der Waals surface area contributed by atoms with Crippen LogP contribution in [0, 0.1) is 6.92 Å². The summed E-state index contributed by atoms with van der Waals surface area (Å²) in [7, 11) is 1.70. The number of aryl methyl sites for hydroxylation is 1. The molecule has 3 heterocycles. The summed E-state index contributed by atoms with van der Waals surface area (Å²) in [6.45, 7) is 5.38. The van der Waals surface area contributed by atoms with Gasteiger partial charge in [0.1, 0.15) is 5.01 Å². The number of hydrogen-bond acceptors (Lipinski definition) is 7. The van der Waals surface area contributed by atoms with E-state index in [1.54, 1.807) is 18.4 Å². The van der Waals surface area contributed by atoms with Crippen LogP contribution < -0.4 is 0 Å². The van der Waals surface area contributed by atoms with Crippen LogP contribution in [0.4, 0.5) is 0 Å². The Labute approximate surface area is 128 Å². The zero-order valence-corrected chi connectivity index (χ0v) is 13.2. The van der Waals surface area contributed by atoms with Crippen LogP contribution in [0.5, 0.6) is 0 Å². The van der Waals surface area contributed by atoms with E-state index in [-0.39, 0.29) is 0 Å². The fourth-order valence-corrected chi connectivity index (χ4v) is 3.49. The van der Waals surface area contributed by atoms with Crippen molar-refractivity contribution >= 4 is 11.3 Å². The zero-order valence-electron chi connectivity index (χ0n) is 12.4. The molecular formula is C14H20N4O2S. The first-order valence-corrected chi connectivity index (χ1v) is 8.07. The minimum Gasteiger partial charge on any atom is -0.378 e. The number of piperidine rings is 1. The molecule has 3 rings (SSSR count). The van der Waals surface area contributed by atoms with Crippen LogP contribution in [0.1, 0.15) is 41.2 Å². The van der Waals surface area contributed by atoms with Crippen LogP contribution in [0.3, 0.4) is 0 Å². The predicted octanol–water partition coefficient (Wildman–Crippen LogP) is 2.36. The molecule has 0 aliphatic carbocycles. The van der Waals surface area contributed by atoms with Crippen molar-refractivity contribution in [3.63, 3.8) is 0 Å². The normalized spacial score (nSPS) is 20.0. The molecule has 0 saturated carbocycles. The third-order valence-electron chi connectivity index (χ3n) is 3.67. The van der Waals surface area contributed by atoms with Crippen molar-refractivity contribution in [2.75, 3.05) is 20.2 Å². The number of thiazole rings is 1. The molecule has 1 saturated heterocycles. The van der Waals surface area contributed by atoms with E-state index in [9.17, 15) is 0 Å². The standard InChI is InChI=1S/C14H20N4O2S/c1-10-15-14(17-20-10)11-4-3-5-18(6-11)7-12-9-21-13(16-12)8-19-2/h9,11H,3-8H2,1-2H3. The molecule has 1 fully saturated rings. The third kappa shape index (κ3) is 3.66. The molecule has 2 aromatic rings. The lowest BCUT2D eigenvalue weighted by atomic mass is 9.97. The highest BCUT2D eigenvalue weighted by Crippen LogP contribution is 2.26. The van der Waals surface area contributed by atoms with Gasteiger partial charge in [-0.25, -0.2) is 4.98 Å². The molecule has 0 spiro atoms. The van der Waals surface area contributed by atoms with Crippen molar-refractivity contribution < 1.29 is 9.26 Å². The Bertz CT molecular complexity index is 583. The summed E-state index contributed by atoms with van der Waals surface area (Å²) < 4.78 is 10.2. The maximum atomic E-state index is 5.12. The summed E-state index contributed by atoms with van der Waals surface area (Å²) in [5.74, 6) is 1.86. The molecule has 114 valence electrons. The van der Waals surface area contributed by atoms with Gasteiger partial charge in [0.2, 0.25) is 5.89 Å². The van der Waals surface area contributed by atoms with E-state index in [1.165, 1.54) is 0 Å². The minimum absolute atomic E-state index is 0.369. The molecule has 1 aliphatic rings. The molecule has 6 nitrogen and oxygen atoms in total. The van der Waals surface area contributed by atoms with E-state index >= 15 is 0 Å². The highest BCUT2D eigenvalue weighted by Gasteiger charge is 2.25. The highest BCUT2D eigenvalue weighted by molar-refractivity contribution is 7.09. The molecular weight excluding hydrogens is 288 g/mol. The number of hydrogen-bond donors (Lipinski definition) is 0. The van der Waals surface area contributed by atoms with Gasteiger partial charge in [0.25, 0.3) is 0 Å². The van der Waals surface area contributed by atoms with Crippen molar-refractivity contribution in [2.24, 2.45) is 0 Å². The molecule has 2 aromatic heterocycles. The Balaban J connectivity index is 1.60. The van der Waals surface area contributed by atoms with Crippen LogP contribution in [0.2, 0.25) is 0 Å². The fourth-order valence-electron chi connectivity index (χ4n) is 2.73. The Hall–Kier alpha value is -1.31. The van der Waals surface area contributed by atoms with Gasteiger partial charge in [-0.1, -0.05) is 5.16 Å². The fraction of sp³-hybridized carbons (Fsp3) is 0.643. The second kappa shape index (κ2) is 6.64. The first-order chi connectivity index (χ1) is 10.2. The smallest absolute Gasteiger partial charge is 0.223 e. The molecule has 0 radical (unpaired) electrons. The molecule has 21 heavy (non-hydrogen) atoms. The molecule has 7 heteroatoms. The van der Waals surface area contributed by atoms with Gasteiger partial charge in [0.05, 0.1) is 12.3 Å². The average molecular weight is 308 g/mol. The third-order valence-corrected chi connectivity index (χ3v) is 4.54. The largest absolute Gasteiger partial charge is 0.378 e. The minimum atomic E-state index is 0.369. The van der Waals surface area contributed by atoms with Crippen molar-refractivity contribution in [3.05, 3.63) is 27.8 Å². The summed E-state index contributed by atoms with van der Waals surface area (Å²) >= 11 is 1.66. The van der Waals surface area contributed by atoms with Gasteiger partial charge in [-0.2, -0.15) is 4.98 Å². The summed E-state index contributed by atoms with van der Waals surface area (Å²) in [4.78, 5) is 11.4. The van der Waals surface area contributed by atoms with Crippen LogP contribution in [0.15, 0.2) is 9.90 Å². The Morgan fingerprint density at radius 2 is 2.38 bits per heavy atom. The molecule has 0 bridgehead atoms. The average Bonchev–Trinajstić information content (AvgIpc) is 3.09. The molecule has 0 amide bonds. The van der Waals surface area contributed by atoms with Crippen molar-refractivity contribution in [2.45, 2.75) is 38.8 Å². The predicted molar refractivity (Wildman–Crippen MR) is 79.1 cm³/mol.